The van der Waals surface area contributed by atoms with Gasteiger partial charge in [-0.3, -0.25) is 4.79 Å². The van der Waals surface area contributed by atoms with Crippen LogP contribution in [0.1, 0.15) is 5.56 Å². The molecule has 0 spiro atoms. The van der Waals surface area contributed by atoms with E-state index >= 15 is 0 Å². The SMILES string of the molecule is NC(=O)C1C=CC(F)=CC1(F)OCc1ccccc1. The molecule has 100 valence electrons. The van der Waals surface area contributed by atoms with Gasteiger partial charge < -0.3 is 10.5 Å². The zero-order valence-electron chi connectivity index (χ0n) is 10.1. The first-order valence-corrected chi connectivity index (χ1v) is 5.74. The van der Waals surface area contributed by atoms with Crippen LogP contribution in [-0.4, -0.2) is 11.8 Å². The van der Waals surface area contributed by atoms with E-state index in [1.165, 1.54) is 0 Å². The van der Waals surface area contributed by atoms with E-state index in [0.717, 1.165) is 12.2 Å². The minimum atomic E-state index is -2.56. The number of ether oxygens (including phenoxy) is 1. The molecule has 0 bridgehead atoms. The first-order chi connectivity index (χ1) is 9.01. The molecule has 0 saturated heterocycles. The van der Waals surface area contributed by atoms with E-state index in [0.29, 0.717) is 11.6 Å². The Balaban J connectivity index is 2.15. The largest absolute Gasteiger partial charge is 0.369 e. The third kappa shape index (κ3) is 3.06. The quantitative estimate of drug-likeness (QED) is 0.908. The molecule has 0 aromatic heterocycles. The molecule has 3 nitrogen and oxygen atoms in total. The Morgan fingerprint density at radius 2 is 2.05 bits per heavy atom. The van der Waals surface area contributed by atoms with Gasteiger partial charge in [-0.25, -0.2) is 8.78 Å². The van der Waals surface area contributed by atoms with E-state index in [2.05, 4.69) is 0 Å². The summed E-state index contributed by atoms with van der Waals surface area (Å²) in [6, 6.07) is 8.82. The highest BCUT2D eigenvalue weighted by atomic mass is 19.2. The minimum Gasteiger partial charge on any atom is -0.369 e. The van der Waals surface area contributed by atoms with Crippen LogP contribution in [-0.2, 0) is 16.1 Å². The number of hydrogen-bond donors (Lipinski definition) is 1. The number of halogens is 2. The summed E-state index contributed by atoms with van der Waals surface area (Å²) in [6.45, 7) is -0.0846. The molecule has 1 aliphatic rings. The lowest BCUT2D eigenvalue weighted by Crippen LogP contribution is -2.42. The molecule has 0 heterocycles. The van der Waals surface area contributed by atoms with Crippen LogP contribution in [0.2, 0.25) is 0 Å². The van der Waals surface area contributed by atoms with Crippen LogP contribution in [0, 0.1) is 5.92 Å². The summed E-state index contributed by atoms with van der Waals surface area (Å²) in [4.78, 5) is 11.2. The van der Waals surface area contributed by atoms with Crippen molar-refractivity contribution in [3.05, 3.63) is 60.0 Å². The number of carbonyl (C=O) groups is 1. The zero-order chi connectivity index (χ0) is 13.9. The van der Waals surface area contributed by atoms with Gasteiger partial charge in [-0.1, -0.05) is 36.4 Å². The third-order valence-corrected chi connectivity index (χ3v) is 2.82. The van der Waals surface area contributed by atoms with Gasteiger partial charge in [0.1, 0.15) is 11.7 Å². The topological polar surface area (TPSA) is 52.3 Å². The van der Waals surface area contributed by atoms with Gasteiger partial charge in [0.2, 0.25) is 11.8 Å². The molecule has 1 aromatic rings. The van der Waals surface area contributed by atoms with Crippen LogP contribution in [0.3, 0.4) is 0 Å². The smallest absolute Gasteiger partial charge is 0.247 e. The van der Waals surface area contributed by atoms with E-state index in [1.807, 2.05) is 6.07 Å². The highest BCUT2D eigenvalue weighted by Crippen LogP contribution is 2.33. The van der Waals surface area contributed by atoms with Gasteiger partial charge in [0.05, 0.1) is 6.61 Å². The predicted octanol–water partition coefficient (Wildman–Crippen LogP) is 2.39. The lowest BCUT2D eigenvalue weighted by molar-refractivity contribution is -0.159. The van der Waals surface area contributed by atoms with Crippen molar-refractivity contribution in [2.75, 3.05) is 0 Å². The number of carbonyl (C=O) groups excluding carboxylic acids is 1. The summed E-state index contributed by atoms with van der Waals surface area (Å²) in [5.74, 6) is -5.60. The average Bonchev–Trinajstić information content (AvgIpc) is 2.37. The molecule has 1 amide bonds. The molecule has 1 aromatic carbocycles. The molecular weight excluding hydrogens is 252 g/mol. The van der Waals surface area contributed by atoms with Gasteiger partial charge in [0, 0.05) is 6.08 Å². The summed E-state index contributed by atoms with van der Waals surface area (Å²) in [7, 11) is 0. The Morgan fingerprint density at radius 1 is 1.37 bits per heavy atom. The van der Waals surface area contributed by atoms with Gasteiger partial charge >= 0.3 is 0 Å². The molecule has 2 N–H and O–H groups in total. The maximum Gasteiger partial charge on any atom is 0.247 e. The van der Waals surface area contributed by atoms with Gasteiger partial charge in [-0.15, -0.1) is 0 Å². The summed E-state index contributed by atoms with van der Waals surface area (Å²) >= 11 is 0. The second kappa shape index (κ2) is 5.32. The minimum absolute atomic E-state index is 0.0846. The maximum atomic E-state index is 14.5. The lowest BCUT2D eigenvalue weighted by Gasteiger charge is -2.29. The van der Waals surface area contributed by atoms with Gasteiger partial charge in [-0.05, 0) is 11.6 Å². The van der Waals surface area contributed by atoms with E-state index < -0.39 is 23.5 Å². The molecule has 0 saturated carbocycles. The van der Waals surface area contributed by atoms with Crippen molar-refractivity contribution >= 4 is 5.91 Å². The molecule has 0 aliphatic heterocycles. The van der Waals surface area contributed by atoms with Gasteiger partial charge in [0.15, 0.2) is 0 Å². The predicted molar refractivity (Wildman–Crippen MR) is 66.1 cm³/mol. The fourth-order valence-electron chi connectivity index (χ4n) is 1.83. The van der Waals surface area contributed by atoms with Crippen molar-refractivity contribution in [2.24, 2.45) is 11.7 Å². The Hall–Kier alpha value is -2.01. The Labute approximate surface area is 109 Å². The fraction of sp³-hybridized carbons (Fsp3) is 0.214. The lowest BCUT2D eigenvalue weighted by atomic mass is 9.94. The van der Waals surface area contributed by atoms with Crippen LogP contribution in [0.25, 0.3) is 0 Å². The summed E-state index contributed by atoms with van der Waals surface area (Å²) < 4.78 is 32.7. The molecular formula is C14H13F2NO2. The number of primary amides is 1. The second-order valence-electron chi connectivity index (χ2n) is 4.24. The van der Waals surface area contributed by atoms with Crippen molar-refractivity contribution in [3.63, 3.8) is 0 Å². The van der Waals surface area contributed by atoms with Crippen LogP contribution < -0.4 is 5.73 Å². The molecule has 0 fully saturated rings. The van der Waals surface area contributed by atoms with Crippen molar-refractivity contribution in [3.8, 4) is 0 Å². The summed E-state index contributed by atoms with van der Waals surface area (Å²) in [5, 5.41) is 0. The second-order valence-corrected chi connectivity index (χ2v) is 4.24. The maximum absolute atomic E-state index is 14.5. The van der Waals surface area contributed by atoms with Crippen LogP contribution in [0.5, 0.6) is 0 Å². The van der Waals surface area contributed by atoms with Crippen LogP contribution in [0.15, 0.2) is 54.4 Å². The number of allylic oxidation sites excluding steroid dienone is 2. The number of amides is 1. The molecule has 1 aliphatic carbocycles. The summed E-state index contributed by atoms with van der Waals surface area (Å²) in [6.07, 6.45) is 2.70. The van der Waals surface area contributed by atoms with Crippen molar-refractivity contribution in [1.29, 1.82) is 0 Å². The molecule has 5 heteroatoms. The first-order valence-electron chi connectivity index (χ1n) is 5.74. The van der Waals surface area contributed by atoms with Crippen LogP contribution >= 0.6 is 0 Å². The van der Waals surface area contributed by atoms with Gasteiger partial charge in [0.25, 0.3) is 0 Å². The Bertz CT molecular complexity index is 528. The van der Waals surface area contributed by atoms with E-state index in [4.69, 9.17) is 10.5 Å². The average molecular weight is 265 g/mol. The normalized spacial score (nSPS) is 26.0. The number of benzene rings is 1. The molecule has 19 heavy (non-hydrogen) atoms. The highest BCUT2D eigenvalue weighted by Gasteiger charge is 2.43. The monoisotopic (exact) mass is 265 g/mol. The highest BCUT2D eigenvalue weighted by molar-refractivity contribution is 5.80. The Kier molecular flexibility index (Phi) is 3.76. The fourth-order valence-corrected chi connectivity index (χ4v) is 1.83. The zero-order valence-corrected chi connectivity index (χ0v) is 10.1. The molecule has 2 atom stereocenters. The van der Waals surface area contributed by atoms with Gasteiger partial charge in [-0.2, -0.15) is 0 Å². The molecule has 2 unspecified atom stereocenters. The summed E-state index contributed by atoms with van der Waals surface area (Å²) in [5.41, 5.74) is 5.81. The number of rotatable bonds is 4. The molecule has 0 radical (unpaired) electrons. The number of hydrogen-bond acceptors (Lipinski definition) is 2. The van der Waals surface area contributed by atoms with Crippen molar-refractivity contribution in [1.82, 2.24) is 0 Å². The number of nitrogens with two attached hydrogens (primary N) is 1. The Morgan fingerprint density at radius 3 is 2.68 bits per heavy atom. The van der Waals surface area contributed by atoms with E-state index in [9.17, 15) is 13.6 Å². The van der Waals surface area contributed by atoms with Crippen LogP contribution in [0.4, 0.5) is 8.78 Å². The number of alkyl halides is 1. The molecule has 2 rings (SSSR count). The first kappa shape index (κ1) is 13.4. The van der Waals surface area contributed by atoms with Crippen molar-refractivity contribution < 1.29 is 18.3 Å². The third-order valence-electron chi connectivity index (χ3n) is 2.82. The standard InChI is InChI=1S/C14H13F2NO2/c15-11-6-7-12(13(17)18)14(16,8-11)19-9-10-4-2-1-3-5-10/h1-8,12H,9H2,(H2,17,18). The van der Waals surface area contributed by atoms with Crippen molar-refractivity contribution in [2.45, 2.75) is 12.5 Å². The van der Waals surface area contributed by atoms with E-state index in [1.54, 1.807) is 24.3 Å². The van der Waals surface area contributed by atoms with E-state index in [-0.39, 0.29) is 6.61 Å².